The van der Waals surface area contributed by atoms with E-state index in [2.05, 4.69) is 0 Å². The molecule has 10 rings (SSSR count). The van der Waals surface area contributed by atoms with Gasteiger partial charge in [0.15, 0.2) is 0 Å². The fourth-order valence-electron chi connectivity index (χ4n) is 9.49. The Hall–Kier alpha value is -8.41. The first-order chi connectivity index (χ1) is 35.4. The van der Waals surface area contributed by atoms with Gasteiger partial charge in [0.2, 0.25) is 0 Å². The van der Waals surface area contributed by atoms with Crippen LogP contribution in [0.4, 0.5) is 79.0 Å². The molecule has 0 fully saturated rings. The maximum Gasteiger partial charge on any atom is 0.416 e. The van der Waals surface area contributed by atoms with E-state index in [4.69, 9.17) is 0 Å². The van der Waals surface area contributed by atoms with Crippen molar-refractivity contribution in [2.24, 2.45) is 0 Å². The van der Waals surface area contributed by atoms with Crippen molar-refractivity contribution in [3.63, 3.8) is 0 Å². The summed E-state index contributed by atoms with van der Waals surface area (Å²) in [5.41, 5.74) is -13.1. The van der Waals surface area contributed by atoms with E-state index < -0.39 is 92.7 Å². The largest absolute Gasteiger partial charge is 0.416 e. The van der Waals surface area contributed by atoms with Crippen LogP contribution in [-0.4, -0.2) is 9.13 Å². The Morgan fingerprint density at radius 1 is 0.289 bits per heavy atom. The molecular weight excluding hydrogens is 1040 g/mol. The van der Waals surface area contributed by atoms with Gasteiger partial charge in [-0.1, -0.05) is 48.5 Å². The van der Waals surface area contributed by atoms with Crippen molar-refractivity contribution >= 4 is 43.6 Å². The fraction of sp³-hybridized carbons (Fsp3) is 0.109. The van der Waals surface area contributed by atoms with E-state index in [1.807, 2.05) is 6.07 Å². The van der Waals surface area contributed by atoms with Gasteiger partial charge >= 0.3 is 37.1 Å². The molecule has 0 aliphatic heterocycles. The van der Waals surface area contributed by atoms with Crippen LogP contribution in [0, 0.1) is 11.3 Å². The van der Waals surface area contributed by atoms with Crippen LogP contribution >= 0.6 is 0 Å². The number of para-hydroxylation sites is 2. The third kappa shape index (κ3) is 9.08. The Morgan fingerprint density at radius 3 is 0.882 bits per heavy atom. The molecule has 21 heteroatoms. The second-order valence-corrected chi connectivity index (χ2v) is 17.6. The van der Waals surface area contributed by atoms with Gasteiger partial charge in [-0.15, -0.1) is 0 Å². The minimum atomic E-state index is -5.42. The molecule has 0 radical (unpaired) electrons. The van der Waals surface area contributed by atoms with Crippen LogP contribution in [0.2, 0.25) is 0 Å². The van der Waals surface area contributed by atoms with Gasteiger partial charge in [0.05, 0.1) is 78.5 Å². The summed E-state index contributed by atoms with van der Waals surface area (Å²) in [6.45, 7) is 0. The van der Waals surface area contributed by atoms with Crippen LogP contribution in [-0.2, 0) is 37.1 Å². The molecule has 0 saturated carbocycles. The lowest BCUT2D eigenvalue weighted by Gasteiger charge is -2.22. The minimum Gasteiger partial charge on any atom is -0.308 e. The number of benzene rings is 8. The number of nitriles is 1. The summed E-state index contributed by atoms with van der Waals surface area (Å²) in [5, 5.41) is 11.3. The third-order valence-electron chi connectivity index (χ3n) is 12.8. The first-order valence-electron chi connectivity index (χ1n) is 21.9. The van der Waals surface area contributed by atoms with Crippen LogP contribution in [0.3, 0.4) is 0 Å². The van der Waals surface area contributed by atoms with Gasteiger partial charge in [-0.25, -0.2) is 0 Å². The molecule has 8 aromatic carbocycles. The van der Waals surface area contributed by atoms with E-state index in [1.54, 1.807) is 0 Å². The molecule has 76 heavy (non-hydrogen) atoms. The normalized spacial score (nSPS) is 13.1. The molecular formula is C55H25F18N3. The fourth-order valence-corrected chi connectivity index (χ4v) is 9.49. The molecule has 0 saturated heterocycles. The smallest absolute Gasteiger partial charge is 0.308 e. The number of halogens is 18. The number of fused-ring (bicyclic) bond motifs is 6. The Morgan fingerprint density at radius 2 is 0.579 bits per heavy atom. The second-order valence-electron chi connectivity index (χ2n) is 17.6. The average Bonchev–Trinajstić information content (AvgIpc) is 3.88. The lowest BCUT2D eigenvalue weighted by molar-refractivity contribution is -0.144. The topological polar surface area (TPSA) is 33.6 Å². The molecule has 2 aromatic heterocycles. The first-order valence-corrected chi connectivity index (χ1v) is 21.9. The summed E-state index contributed by atoms with van der Waals surface area (Å²) in [6, 6.07) is 26.0. The molecule has 0 unspecified atom stereocenters. The predicted molar refractivity (Wildman–Crippen MR) is 246 cm³/mol. The highest BCUT2D eigenvalue weighted by molar-refractivity contribution is 6.13. The molecule has 0 amide bonds. The lowest BCUT2D eigenvalue weighted by atomic mass is 9.94. The van der Waals surface area contributed by atoms with Crippen LogP contribution in [0.5, 0.6) is 0 Å². The van der Waals surface area contributed by atoms with E-state index in [0.29, 0.717) is 36.4 Å². The number of rotatable bonds is 5. The highest BCUT2D eigenvalue weighted by Crippen LogP contribution is 2.48. The van der Waals surface area contributed by atoms with Crippen molar-refractivity contribution in [1.82, 2.24) is 9.13 Å². The highest BCUT2D eigenvalue weighted by Gasteiger charge is 2.40. The van der Waals surface area contributed by atoms with Crippen LogP contribution in [0.1, 0.15) is 38.9 Å². The van der Waals surface area contributed by atoms with Gasteiger partial charge in [0.25, 0.3) is 0 Å². The molecule has 2 heterocycles. The van der Waals surface area contributed by atoms with Gasteiger partial charge in [0.1, 0.15) is 0 Å². The van der Waals surface area contributed by atoms with E-state index in [-0.39, 0.29) is 89.9 Å². The second kappa shape index (κ2) is 17.3. The molecule has 0 N–H and O–H groups in total. The number of nitrogens with zero attached hydrogens (tertiary/aromatic N) is 3. The standard InChI is InChI=1S/C55H25F18N3/c56-50(57,58)33-15-30(16-34(23-33)51(59,60)61)28-9-11-45-41(21-28)39-5-1-3-7-43(39)75(45)47-13-27(26-74)14-48(49(47)32-19-37(54(68,69)70)25-38(20-32)55(71,72)73)76-44-8-4-2-6-40(44)42-22-29(10-12-46(42)76)31-17-35(52(62,63)64)24-36(18-31)53(65,66)67/h1-25H. The zero-order chi connectivity index (χ0) is 54.8. The van der Waals surface area contributed by atoms with Crippen molar-refractivity contribution in [3.05, 3.63) is 191 Å². The SMILES string of the molecule is N#Cc1cc(-n2c3ccccc3c3cc(-c4cc(C(F)(F)F)cc(C(F)(F)F)c4)ccc32)c(-c2cc(C(F)(F)F)cc(C(F)(F)F)c2)c(-n2c3ccccc3c3cc(-c4cc(C(F)(F)F)cc(C(F)(F)F)c4)ccc32)c1. The van der Waals surface area contributed by atoms with Gasteiger partial charge in [0, 0.05) is 27.1 Å². The van der Waals surface area contributed by atoms with Crippen molar-refractivity contribution in [2.75, 3.05) is 0 Å². The van der Waals surface area contributed by atoms with Gasteiger partial charge in [-0.3, -0.25) is 0 Å². The summed E-state index contributed by atoms with van der Waals surface area (Å²) in [7, 11) is 0. The monoisotopic (exact) mass is 1070 g/mol. The predicted octanol–water partition coefficient (Wildman–Crippen LogP) is 18.9. The molecule has 0 spiro atoms. The van der Waals surface area contributed by atoms with E-state index in [1.165, 1.54) is 81.9 Å². The summed E-state index contributed by atoms with van der Waals surface area (Å²) >= 11 is 0. The minimum absolute atomic E-state index is 0.0458. The Kier molecular flexibility index (Phi) is 11.6. The zero-order valence-electron chi connectivity index (χ0n) is 37.6. The van der Waals surface area contributed by atoms with Crippen LogP contribution < -0.4 is 0 Å². The van der Waals surface area contributed by atoms with Crippen LogP contribution in [0.15, 0.2) is 152 Å². The summed E-state index contributed by atoms with van der Waals surface area (Å²) < 4.78 is 260. The zero-order valence-corrected chi connectivity index (χ0v) is 37.6. The maximum atomic E-state index is 14.8. The highest BCUT2D eigenvalue weighted by atomic mass is 19.4. The van der Waals surface area contributed by atoms with Crippen molar-refractivity contribution < 1.29 is 79.0 Å². The Balaban J connectivity index is 1.32. The number of aromatic nitrogens is 2. The third-order valence-corrected chi connectivity index (χ3v) is 12.8. The number of hydrogen-bond acceptors (Lipinski definition) is 1. The molecule has 0 bridgehead atoms. The maximum absolute atomic E-state index is 14.8. The first kappa shape index (κ1) is 51.1. The lowest BCUT2D eigenvalue weighted by Crippen LogP contribution is -2.12. The van der Waals surface area contributed by atoms with Crippen molar-refractivity contribution in [2.45, 2.75) is 37.1 Å². The van der Waals surface area contributed by atoms with Gasteiger partial charge < -0.3 is 9.13 Å². The number of hydrogen-bond donors (Lipinski definition) is 0. The van der Waals surface area contributed by atoms with E-state index >= 15 is 0 Å². The summed E-state index contributed by atoms with van der Waals surface area (Å²) in [6.07, 6.45) is -31.7. The Bertz CT molecular complexity index is 3730. The molecule has 386 valence electrons. The molecule has 3 nitrogen and oxygen atoms in total. The van der Waals surface area contributed by atoms with Crippen molar-refractivity contribution in [3.8, 4) is 50.8 Å². The van der Waals surface area contributed by atoms with Gasteiger partial charge in [-0.2, -0.15) is 84.3 Å². The Labute approximate surface area is 414 Å². The van der Waals surface area contributed by atoms with Crippen LogP contribution in [0.25, 0.3) is 88.4 Å². The number of alkyl halides is 18. The van der Waals surface area contributed by atoms with Gasteiger partial charge in [-0.05, 0) is 131 Å². The van der Waals surface area contributed by atoms with E-state index in [0.717, 1.165) is 24.3 Å². The molecule has 0 atom stereocenters. The van der Waals surface area contributed by atoms with E-state index in [9.17, 15) is 84.3 Å². The quantitative estimate of drug-likeness (QED) is 0.158. The summed E-state index contributed by atoms with van der Waals surface area (Å²) in [5.74, 6) is 0. The molecule has 0 aliphatic carbocycles. The van der Waals surface area contributed by atoms with Crippen molar-refractivity contribution in [1.29, 1.82) is 5.26 Å². The molecule has 10 aromatic rings. The molecule has 0 aliphatic rings. The average molecular weight is 1070 g/mol. The summed E-state index contributed by atoms with van der Waals surface area (Å²) in [4.78, 5) is 0.